The van der Waals surface area contributed by atoms with Gasteiger partial charge in [-0.1, -0.05) is 12.2 Å². The number of hydrogen-bond acceptors (Lipinski definition) is 3. The summed E-state index contributed by atoms with van der Waals surface area (Å²) in [7, 11) is 0. The maximum atomic E-state index is 13.6. The molecule has 9 heteroatoms. The van der Waals surface area contributed by atoms with Gasteiger partial charge in [-0.3, -0.25) is 4.79 Å². The smallest absolute Gasteiger partial charge is 0.410 e. The molecule has 2 bridgehead atoms. The van der Waals surface area contributed by atoms with E-state index in [0.717, 1.165) is 12.2 Å². The van der Waals surface area contributed by atoms with Crippen LogP contribution >= 0.6 is 0 Å². The average Bonchev–Trinajstić information content (AvgIpc) is 2.76. The predicted molar refractivity (Wildman–Crippen MR) is 66.3 cm³/mol. The molecule has 3 atom stereocenters. The first-order valence-corrected chi connectivity index (χ1v) is 6.80. The number of esters is 1. The summed E-state index contributed by atoms with van der Waals surface area (Å²) >= 11 is 0. The van der Waals surface area contributed by atoms with Crippen molar-refractivity contribution in [1.29, 1.82) is 0 Å². The van der Waals surface area contributed by atoms with E-state index in [1.54, 1.807) is 0 Å². The molecule has 0 amide bonds. The van der Waals surface area contributed by atoms with Gasteiger partial charge in [0.15, 0.2) is 6.10 Å². The minimum atomic E-state index is -5.72. The summed E-state index contributed by atoms with van der Waals surface area (Å²) in [4.78, 5) is 11.9. The van der Waals surface area contributed by atoms with E-state index in [1.165, 1.54) is 20.8 Å². The maximum absolute atomic E-state index is 13.6. The SMILES string of the molecule is CC(C)(C)C(=O)OC1C2C=CC(C)(O2)C1(C(F)(F)F)C(F)(F)F. The number of carbonyl (C=O) groups excluding carboxylic acids is 1. The zero-order valence-electron chi connectivity index (χ0n) is 12.8. The summed E-state index contributed by atoms with van der Waals surface area (Å²) in [5.74, 6) is -1.16. The van der Waals surface area contributed by atoms with Gasteiger partial charge >= 0.3 is 18.3 Å². The number of hydrogen-bond donors (Lipinski definition) is 0. The summed E-state index contributed by atoms with van der Waals surface area (Å²) in [5, 5.41) is 0. The molecule has 0 aromatic heterocycles. The molecule has 3 unspecified atom stereocenters. The van der Waals surface area contributed by atoms with E-state index < -0.39 is 47.0 Å². The lowest BCUT2D eigenvalue weighted by Crippen LogP contribution is -2.67. The molecule has 0 N–H and O–H groups in total. The molecule has 0 aromatic carbocycles. The highest BCUT2D eigenvalue weighted by molar-refractivity contribution is 5.75. The lowest BCUT2D eigenvalue weighted by atomic mass is 9.65. The van der Waals surface area contributed by atoms with Crippen molar-refractivity contribution >= 4 is 5.97 Å². The Morgan fingerprint density at radius 2 is 1.57 bits per heavy atom. The van der Waals surface area contributed by atoms with Crippen molar-refractivity contribution in [2.75, 3.05) is 0 Å². The van der Waals surface area contributed by atoms with Crippen LogP contribution in [-0.2, 0) is 14.3 Å². The van der Waals surface area contributed by atoms with Crippen molar-refractivity contribution in [2.45, 2.75) is 57.9 Å². The van der Waals surface area contributed by atoms with Gasteiger partial charge in [0, 0.05) is 0 Å². The molecule has 132 valence electrons. The van der Waals surface area contributed by atoms with Gasteiger partial charge in [0.1, 0.15) is 11.7 Å². The van der Waals surface area contributed by atoms with Crippen LogP contribution in [0.1, 0.15) is 27.7 Å². The van der Waals surface area contributed by atoms with E-state index in [2.05, 4.69) is 4.74 Å². The molecule has 2 aliphatic rings. The highest BCUT2D eigenvalue weighted by atomic mass is 19.4. The van der Waals surface area contributed by atoms with Gasteiger partial charge in [-0.05, 0) is 27.7 Å². The summed E-state index contributed by atoms with van der Waals surface area (Å²) in [6.07, 6.45) is -13.8. The number of ether oxygens (including phenoxy) is 2. The second-order valence-electron chi connectivity index (χ2n) is 6.93. The molecule has 3 nitrogen and oxygen atoms in total. The quantitative estimate of drug-likeness (QED) is 0.412. The Balaban J connectivity index is 2.60. The Morgan fingerprint density at radius 1 is 1.09 bits per heavy atom. The van der Waals surface area contributed by atoms with Gasteiger partial charge in [-0.25, -0.2) is 0 Å². The fraction of sp³-hybridized carbons (Fsp3) is 0.786. The van der Waals surface area contributed by atoms with Crippen molar-refractivity contribution in [3.05, 3.63) is 12.2 Å². The van der Waals surface area contributed by atoms with Crippen LogP contribution in [0.15, 0.2) is 12.2 Å². The number of alkyl halides is 6. The van der Waals surface area contributed by atoms with Crippen LogP contribution in [0.25, 0.3) is 0 Å². The molecule has 2 aliphatic heterocycles. The van der Waals surface area contributed by atoms with Crippen molar-refractivity contribution in [2.24, 2.45) is 10.8 Å². The first kappa shape index (κ1) is 18.1. The third kappa shape index (κ3) is 2.27. The number of halogens is 6. The molecule has 0 saturated carbocycles. The molecule has 1 fully saturated rings. The van der Waals surface area contributed by atoms with Gasteiger partial charge in [0.05, 0.1) is 5.41 Å². The van der Waals surface area contributed by atoms with E-state index in [4.69, 9.17) is 4.74 Å². The van der Waals surface area contributed by atoms with Gasteiger partial charge in [0.2, 0.25) is 5.41 Å². The molecular formula is C14H16F6O3. The Labute approximate surface area is 128 Å². The topological polar surface area (TPSA) is 35.5 Å². The van der Waals surface area contributed by atoms with Gasteiger partial charge in [-0.2, -0.15) is 26.3 Å². The van der Waals surface area contributed by atoms with E-state index in [9.17, 15) is 31.1 Å². The Bertz CT molecular complexity index is 528. The lowest BCUT2D eigenvalue weighted by molar-refractivity contribution is -0.379. The minimum absolute atomic E-state index is 0.704. The third-order valence-corrected chi connectivity index (χ3v) is 4.23. The normalized spacial score (nSPS) is 33.1. The van der Waals surface area contributed by atoms with Crippen LogP contribution in [0.3, 0.4) is 0 Å². The van der Waals surface area contributed by atoms with Crippen LogP contribution < -0.4 is 0 Å². The molecule has 23 heavy (non-hydrogen) atoms. The second-order valence-corrected chi connectivity index (χ2v) is 6.93. The largest absolute Gasteiger partial charge is 0.457 e. The van der Waals surface area contributed by atoms with Gasteiger partial charge in [-0.15, -0.1) is 0 Å². The lowest BCUT2D eigenvalue weighted by Gasteiger charge is -2.45. The van der Waals surface area contributed by atoms with Crippen LogP contribution in [0, 0.1) is 10.8 Å². The zero-order chi connectivity index (χ0) is 18.1. The first-order chi connectivity index (χ1) is 10.1. The van der Waals surface area contributed by atoms with Crippen molar-refractivity contribution < 1.29 is 40.6 Å². The molecule has 2 heterocycles. The average molecular weight is 346 g/mol. The van der Waals surface area contributed by atoms with Gasteiger partial charge < -0.3 is 9.47 Å². The van der Waals surface area contributed by atoms with E-state index >= 15 is 0 Å². The molecule has 1 saturated heterocycles. The fourth-order valence-corrected chi connectivity index (χ4v) is 3.05. The molecular weight excluding hydrogens is 330 g/mol. The fourth-order valence-electron chi connectivity index (χ4n) is 3.05. The molecule has 0 radical (unpaired) electrons. The van der Waals surface area contributed by atoms with E-state index in [0.29, 0.717) is 6.92 Å². The number of fused-ring (bicyclic) bond motifs is 2. The zero-order valence-corrected chi connectivity index (χ0v) is 12.8. The summed E-state index contributed by atoms with van der Waals surface area (Å²) < 4.78 is 91.1. The highest BCUT2D eigenvalue weighted by Crippen LogP contribution is 2.67. The monoisotopic (exact) mass is 346 g/mol. The molecule has 0 spiro atoms. The van der Waals surface area contributed by atoms with Gasteiger partial charge in [0.25, 0.3) is 0 Å². The second kappa shape index (κ2) is 4.64. The number of rotatable bonds is 1. The summed E-state index contributed by atoms with van der Waals surface area (Å²) in [6.45, 7) is 4.72. The Hall–Kier alpha value is -1.25. The maximum Gasteiger partial charge on any atom is 0.410 e. The molecule has 2 rings (SSSR count). The van der Waals surface area contributed by atoms with Crippen molar-refractivity contribution in [3.8, 4) is 0 Å². The predicted octanol–water partition coefficient (Wildman–Crippen LogP) is 3.78. The summed E-state index contributed by atoms with van der Waals surface area (Å²) in [6, 6.07) is 0. The van der Waals surface area contributed by atoms with Crippen LogP contribution in [0.5, 0.6) is 0 Å². The van der Waals surface area contributed by atoms with Crippen LogP contribution in [-0.4, -0.2) is 36.1 Å². The van der Waals surface area contributed by atoms with Crippen LogP contribution in [0.2, 0.25) is 0 Å². The van der Waals surface area contributed by atoms with E-state index in [-0.39, 0.29) is 0 Å². The third-order valence-electron chi connectivity index (χ3n) is 4.23. The summed E-state index contributed by atoms with van der Waals surface area (Å²) in [5.41, 5.74) is -8.25. The molecule has 0 aliphatic carbocycles. The standard InChI is InChI=1S/C14H16F6O3/c1-10(2,3)9(21)22-8-7-5-6-11(4,23-7)12(8,13(15,16)17)14(18,19)20/h5-8H,1-4H3. The highest BCUT2D eigenvalue weighted by Gasteiger charge is 2.88. The van der Waals surface area contributed by atoms with E-state index in [1.807, 2.05) is 0 Å². The van der Waals surface area contributed by atoms with Crippen LogP contribution in [0.4, 0.5) is 26.3 Å². The first-order valence-electron chi connectivity index (χ1n) is 6.80. The molecule has 0 aromatic rings. The number of carbonyl (C=O) groups is 1. The Morgan fingerprint density at radius 3 is 1.96 bits per heavy atom. The minimum Gasteiger partial charge on any atom is -0.457 e. The van der Waals surface area contributed by atoms with Crippen molar-refractivity contribution in [1.82, 2.24) is 0 Å². The van der Waals surface area contributed by atoms with Crippen molar-refractivity contribution in [3.63, 3.8) is 0 Å². The Kier molecular flexibility index (Phi) is 3.65.